The molecular formula is C24H25ClN4O6. The van der Waals surface area contributed by atoms with Gasteiger partial charge in [0.1, 0.15) is 12.1 Å². The number of nitrogens with one attached hydrogen (secondary N) is 1. The van der Waals surface area contributed by atoms with Gasteiger partial charge < -0.3 is 34.1 Å². The van der Waals surface area contributed by atoms with Crippen molar-refractivity contribution < 1.29 is 28.8 Å². The fraction of sp³-hybridized carbons (Fsp3) is 0.250. The number of aliphatic hydroxyl groups is 1. The number of halogens is 1. The molecule has 10 nitrogen and oxygen atoms in total. The molecule has 2 N–H and O–H groups in total. The number of rotatable bonds is 10. The fourth-order valence-corrected chi connectivity index (χ4v) is 3.69. The van der Waals surface area contributed by atoms with Crippen LogP contribution < -0.4 is 24.4 Å². The molecule has 3 aromatic rings. The normalized spacial score (nSPS) is 14.4. The van der Waals surface area contributed by atoms with Crippen LogP contribution >= 0.6 is 11.6 Å². The molecule has 0 spiro atoms. The molecular weight excluding hydrogens is 476 g/mol. The zero-order valence-electron chi connectivity index (χ0n) is 19.4. The Morgan fingerprint density at radius 3 is 2.51 bits per heavy atom. The molecule has 1 aliphatic heterocycles. The molecule has 1 unspecified atom stereocenters. The topological polar surface area (TPSA) is 107 Å². The summed E-state index contributed by atoms with van der Waals surface area (Å²) in [6.07, 6.45) is 2.41. The van der Waals surface area contributed by atoms with Crippen LogP contribution in [0.4, 0.5) is 17.5 Å². The number of aromatic nitrogens is 2. The van der Waals surface area contributed by atoms with Crippen molar-refractivity contribution in [2.24, 2.45) is 0 Å². The summed E-state index contributed by atoms with van der Waals surface area (Å²) in [5.74, 6) is 2.64. The summed E-state index contributed by atoms with van der Waals surface area (Å²) in [7, 11) is 4.62. The molecule has 0 bridgehead atoms. The molecule has 184 valence electrons. The number of ether oxygens (including phenoxy) is 5. The number of nitrogens with zero attached hydrogens (tertiary/aromatic N) is 3. The highest BCUT2D eigenvalue weighted by Gasteiger charge is 2.27. The van der Waals surface area contributed by atoms with E-state index in [0.29, 0.717) is 45.6 Å². The molecule has 35 heavy (non-hydrogen) atoms. The van der Waals surface area contributed by atoms with E-state index in [4.69, 9.17) is 35.3 Å². The first-order valence-corrected chi connectivity index (χ1v) is 11.0. The van der Waals surface area contributed by atoms with E-state index in [1.807, 2.05) is 12.1 Å². The molecule has 0 saturated carbocycles. The highest BCUT2D eigenvalue weighted by molar-refractivity contribution is 6.30. The van der Waals surface area contributed by atoms with Crippen LogP contribution in [0.2, 0.25) is 5.02 Å². The van der Waals surface area contributed by atoms with Crippen LogP contribution in [-0.2, 0) is 9.47 Å². The van der Waals surface area contributed by atoms with Gasteiger partial charge in [-0.05, 0) is 18.2 Å². The van der Waals surface area contributed by atoms with E-state index in [1.165, 1.54) is 13.4 Å². The van der Waals surface area contributed by atoms with Gasteiger partial charge in [0.05, 0.1) is 34.5 Å². The number of benzene rings is 2. The van der Waals surface area contributed by atoms with Crippen LogP contribution in [0.25, 0.3) is 0 Å². The van der Waals surface area contributed by atoms with Gasteiger partial charge in [-0.1, -0.05) is 23.7 Å². The Balaban J connectivity index is 1.56. The predicted octanol–water partition coefficient (Wildman–Crippen LogP) is 4.24. The quantitative estimate of drug-likeness (QED) is 0.419. The first kappa shape index (κ1) is 24.2. The monoisotopic (exact) mass is 500 g/mol. The Morgan fingerprint density at radius 2 is 1.86 bits per heavy atom. The zero-order valence-corrected chi connectivity index (χ0v) is 20.2. The summed E-state index contributed by atoms with van der Waals surface area (Å²) in [6.45, 7) is 0.0836. The van der Waals surface area contributed by atoms with Crippen LogP contribution in [0.15, 0.2) is 60.8 Å². The van der Waals surface area contributed by atoms with Crippen molar-refractivity contribution in [1.29, 1.82) is 0 Å². The first-order valence-electron chi connectivity index (χ1n) is 10.6. The molecule has 0 radical (unpaired) electrons. The molecule has 1 atom stereocenters. The highest BCUT2D eigenvalue weighted by Crippen LogP contribution is 2.40. The molecule has 1 aromatic heterocycles. The number of methoxy groups -OCH3 is 3. The van der Waals surface area contributed by atoms with Gasteiger partial charge in [0, 0.05) is 34.6 Å². The maximum atomic E-state index is 9.67. The van der Waals surface area contributed by atoms with E-state index in [9.17, 15) is 5.11 Å². The number of hydrogen-bond acceptors (Lipinski definition) is 10. The van der Waals surface area contributed by atoms with Crippen LogP contribution in [0.3, 0.4) is 0 Å². The van der Waals surface area contributed by atoms with Crippen molar-refractivity contribution in [2.45, 2.75) is 6.29 Å². The van der Waals surface area contributed by atoms with Gasteiger partial charge in [0.25, 0.3) is 6.29 Å². The summed E-state index contributed by atoms with van der Waals surface area (Å²) in [5, 5.41) is 13.4. The summed E-state index contributed by atoms with van der Waals surface area (Å²) < 4.78 is 27.8. The average molecular weight is 501 g/mol. The highest BCUT2D eigenvalue weighted by atomic mass is 35.5. The lowest BCUT2D eigenvalue weighted by Crippen LogP contribution is -2.27. The van der Waals surface area contributed by atoms with Crippen molar-refractivity contribution in [3.63, 3.8) is 0 Å². The second-order valence-electron chi connectivity index (χ2n) is 7.25. The lowest BCUT2D eigenvalue weighted by atomic mass is 10.2. The molecule has 1 aliphatic rings. The third kappa shape index (κ3) is 5.44. The van der Waals surface area contributed by atoms with Gasteiger partial charge in [0.15, 0.2) is 11.5 Å². The largest absolute Gasteiger partial charge is 0.493 e. The van der Waals surface area contributed by atoms with Crippen molar-refractivity contribution >= 4 is 29.1 Å². The third-order valence-electron chi connectivity index (χ3n) is 5.07. The second kappa shape index (κ2) is 11.0. The lowest BCUT2D eigenvalue weighted by Gasteiger charge is -2.23. The molecule has 4 rings (SSSR count). The minimum Gasteiger partial charge on any atom is -0.493 e. The minimum absolute atomic E-state index is 0.137. The number of aliphatic hydroxyl groups excluding tert-OH is 1. The van der Waals surface area contributed by atoms with E-state index >= 15 is 0 Å². The van der Waals surface area contributed by atoms with E-state index in [-0.39, 0.29) is 13.2 Å². The zero-order chi connectivity index (χ0) is 24.8. The standard InChI is InChI=1S/C24H25ClN4O6/c1-31-18-12-17(13-19(32-2)22(18)33-3)27-24-26-8-7-20(28-24)29(9-10-30)21-14-34-23(35-21)15-5-4-6-16(25)11-15/h4-8,11-14,23,30H,9-10H2,1-3H3,(H,26,27,28). The van der Waals surface area contributed by atoms with E-state index < -0.39 is 6.29 Å². The summed E-state index contributed by atoms with van der Waals surface area (Å²) >= 11 is 6.09. The average Bonchev–Trinajstić information content (AvgIpc) is 3.37. The van der Waals surface area contributed by atoms with Gasteiger partial charge in [-0.25, -0.2) is 4.98 Å². The first-order chi connectivity index (χ1) is 17.1. The van der Waals surface area contributed by atoms with Gasteiger partial charge in [-0.3, -0.25) is 4.90 Å². The van der Waals surface area contributed by atoms with Gasteiger partial charge in [-0.15, -0.1) is 0 Å². The van der Waals surface area contributed by atoms with Crippen LogP contribution in [0, 0.1) is 0 Å². The Bertz CT molecular complexity index is 1180. The lowest BCUT2D eigenvalue weighted by molar-refractivity contribution is -0.0352. The molecule has 2 aromatic carbocycles. The summed E-state index contributed by atoms with van der Waals surface area (Å²) in [4.78, 5) is 10.6. The van der Waals surface area contributed by atoms with E-state index in [0.717, 1.165) is 5.56 Å². The molecule has 0 aliphatic carbocycles. The summed E-state index contributed by atoms with van der Waals surface area (Å²) in [6, 6.07) is 12.4. The van der Waals surface area contributed by atoms with E-state index in [2.05, 4.69) is 15.3 Å². The second-order valence-corrected chi connectivity index (χ2v) is 7.69. The van der Waals surface area contributed by atoms with E-state index in [1.54, 1.807) is 55.6 Å². The van der Waals surface area contributed by atoms with Crippen molar-refractivity contribution in [1.82, 2.24) is 9.97 Å². The maximum absolute atomic E-state index is 9.67. The van der Waals surface area contributed by atoms with Crippen molar-refractivity contribution in [2.75, 3.05) is 44.7 Å². The fourth-order valence-electron chi connectivity index (χ4n) is 3.49. The van der Waals surface area contributed by atoms with Crippen LogP contribution in [0.5, 0.6) is 17.2 Å². The summed E-state index contributed by atoms with van der Waals surface area (Å²) in [5.41, 5.74) is 1.39. The SMILES string of the molecule is COc1cc(Nc2nccc(N(CCO)C3=COC(c4cccc(Cl)c4)O3)n2)cc(OC)c1OC. The Kier molecular flexibility index (Phi) is 7.64. The molecule has 11 heteroatoms. The van der Waals surface area contributed by atoms with Gasteiger partial charge in [0.2, 0.25) is 17.6 Å². The smallest absolute Gasteiger partial charge is 0.268 e. The maximum Gasteiger partial charge on any atom is 0.268 e. The predicted molar refractivity (Wildman–Crippen MR) is 130 cm³/mol. The van der Waals surface area contributed by atoms with Gasteiger partial charge >= 0.3 is 0 Å². The third-order valence-corrected chi connectivity index (χ3v) is 5.30. The molecule has 0 fully saturated rings. The minimum atomic E-state index is -0.663. The van der Waals surface area contributed by atoms with Gasteiger partial charge in [-0.2, -0.15) is 4.98 Å². The van der Waals surface area contributed by atoms with Crippen LogP contribution in [-0.4, -0.2) is 49.6 Å². The molecule has 0 amide bonds. The van der Waals surface area contributed by atoms with Crippen LogP contribution in [0.1, 0.15) is 11.9 Å². The Labute approximate surface area is 207 Å². The number of anilines is 3. The Morgan fingerprint density at radius 1 is 1.09 bits per heavy atom. The molecule has 2 heterocycles. The van der Waals surface area contributed by atoms with Crippen molar-refractivity contribution in [3.05, 3.63) is 71.4 Å². The van der Waals surface area contributed by atoms with Crippen molar-refractivity contribution in [3.8, 4) is 17.2 Å². The molecule has 0 saturated heterocycles. The Hall–Kier alpha value is -3.89. The number of hydrogen-bond donors (Lipinski definition) is 2.